The topological polar surface area (TPSA) is 34.5 Å². The lowest BCUT2D eigenvalue weighted by Crippen LogP contribution is -2.31. The summed E-state index contributed by atoms with van der Waals surface area (Å²) >= 11 is 0. The van der Waals surface area contributed by atoms with E-state index in [2.05, 4.69) is 10.6 Å². The number of benzene rings is 3. The quantitative estimate of drug-likeness (QED) is 0.370. The molecule has 0 saturated heterocycles. The van der Waals surface area contributed by atoms with Crippen LogP contribution in [-0.2, 0) is 19.6 Å². The van der Waals surface area contributed by atoms with Gasteiger partial charge in [-0.3, -0.25) is 4.79 Å². The van der Waals surface area contributed by atoms with Crippen molar-refractivity contribution in [1.29, 1.82) is 0 Å². The van der Waals surface area contributed by atoms with Gasteiger partial charge in [-0.05, 0) is 59.7 Å². The molecule has 3 aromatic carbocycles. The van der Waals surface area contributed by atoms with Gasteiger partial charge in [-0.2, -0.15) is 0 Å². The standard InChI is InChI=1S/C27H25FN2O2/c1-32-26-11-5-9-22(17-26)19-29-16-6-10-25(29)20-30(18-21-7-3-2-4-8-21)27(31)23-12-14-24(28)15-13-23/h2-17H,18-20H2,1H3. The molecule has 4 nitrogen and oxygen atoms in total. The Bertz CT molecular complexity index is 1170. The van der Waals surface area contributed by atoms with E-state index in [9.17, 15) is 9.18 Å². The maximum atomic E-state index is 13.4. The van der Waals surface area contributed by atoms with E-state index in [4.69, 9.17) is 4.74 Å². The third kappa shape index (κ3) is 5.24. The molecule has 0 aliphatic heterocycles. The average molecular weight is 429 g/mol. The monoisotopic (exact) mass is 428 g/mol. The van der Waals surface area contributed by atoms with Gasteiger partial charge in [-0.1, -0.05) is 42.5 Å². The fourth-order valence-electron chi connectivity index (χ4n) is 3.69. The van der Waals surface area contributed by atoms with Crippen molar-refractivity contribution in [2.45, 2.75) is 19.6 Å². The molecule has 0 aliphatic rings. The van der Waals surface area contributed by atoms with Gasteiger partial charge in [0.2, 0.25) is 0 Å². The van der Waals surface area contributed by atoms with Crippen molar-refractivity contribution in [2.75, 3.05) is 7.11 Å². The predicted octanol–water partition coefficient (Wildman–Crippen LogP) is 5.53. The van der Waals surface area contributed by atoms with Crippen LogP contribution in [0.5, 0.6) is 5.75 Å². The van der Waals surface area contributed by atoms with Gasteiger partial charge in [0.25, 0.3) is 5.91 Å². The molecule has 162 valence electrons. The second-order valence-corrected chi connectivity index (χ2v) is 7.63. The van der Waals surface area contributed by atoms with E-state index in [1.54, 1.807) is 12.0 Å². The molecule has 0 radical (unpaired) electrons. The van der Waals surface area contributed by atoms with Crippen LogP contribution in [0.1, 0.15) is 27.2 Å². The van der Waals surface area contributed by atoms with Crippen molar-refractivity contribution >= 4 is 5.91 Å². The number of nitrogens with zero attached hydrogens (tertiary/aromatic N) is 2. The van der Waals surface area contributed by atoms with Crippen LogP contribution in [0.3, 0.4) is 0 Å². The number of aromatic nitrogens is 1. The van der Waals surface area contributed by atoms with Crippen LogP contribution in [0, 0.1) is 5.82 Å². The molecule has 32 heavy (non-hydrogen) atoms. The lowest BCUT2D eigenvalue weighted by atomic mass is 10.1. The highest BCUT2D eigenvalue weighted by atomic mass is 19.1. The molecule has 0 bridgehead atoms. The molecule has 4 rings (SSSR count). The van der Waals surface area contributed by atoms with Crippen LogP contribution < -0.4 is 4.74 Å². The van der Waals surface area contributed by atoms with Crippen LogP contribution in [0.15, 0.2) is 97.2 Å². The van der Waals surface area contributed by atoms with Crippen LogP contribution in [0.4, 0.5) is 4.39 Å². The zero-order chi connectivity index (χ0) is 22.3. The molecule has 0 fully saturated rings. The van der Waals surface area contributed by atoms with Gasteiger partial charge >= 0.3 is 0 Å². The summed E-state index contributed by atoms with van der Waals surface area (Å²) in [6.07, 6.45) is 2.01. The van der Waals surface area contributed by atoms with E-state index >= 15 is 0 Å². The highest BCUT2D eigenvalue weighted by Gasteiger charge is 2.18. The highest BCUT2D eigenvalue weighted by Crippen LogP contribution is 2.18. The fraction of sp³-hybridized carbons (Fsp3) is 0.148. The van der Waals surface area contributed by atoms with Crippen molar-refractivity contribution in [3.05, 3.63) is 125 Å². The van der Waals surface area contributed by atoms with Crippen LogP contribution in [-0.4, -0.2) is 22.5 Å². The maximum absolute atomic E-state index is 13.4. The number of methoxy groups -OCH3 is 1. The molecule has 1 heterocycles. The number of carbonyl (C=O) groups is 1. The average Bonchev–Trinajstić information content (AvgIpc) is 3.26. The van der Waals surface area contributed by atoms with Gasteiger partial charge in [0, 0.05) is 30.5 Å². The van der Waals surface area contributed by atoms with E-state index < -0.39 is 0 Å². The first kappa shape index (κ1) is 21.4. The summed E-state index contributed by atoms with van der Waals surface area (Å²) in [4.78, 5) is 15.1. The van der Waals surface area contributed by atoms with Crippen molar-refractivity contribution < 1.29 is 13.9 Å². The number of carbonyl (C=O) groups excluding carboxylic acids is 1. The van der Waals surface area contributed by atoms with Gasteiger partial charge in [0.1, 0.15) is 11.6 Å². The number of hydrogen-bond donors (Lipinski definition) is 0. The Balaban J connectivity index is 1.59. The van der Waals surface area contributed by atoms with Gasteiger partial charge < -0.3 is 14.2 Å². The SMILES string of the molecule is COc1cccc(Cn2cccc2CN(Cc2ccccc2)C(=O)c2ccc(F)cc2)c1. The number of hydrogen-bond acceptors (Lipinski definition) is 2. The second-order valence-electron chi connectivity index (χ2n) is 7.63. The van der Waals surface area contributed by atoms with Crippen molar-refractivity contribution in [3.8, 4) is 5.75 Å². The number of halogens is 1. The largest absolute Gasteiger partial charge is 0.497 e. The number of ether oxygens (including phenoxy) is 1. The van der Waals surface area contributed by atoms with Crippen LogP contribution >= 0.6 is 0 Å². The zero-order valence-electron chi connectivity index (χ0n) is 17.9. The summed E-state index contributed by atoms with van der Waals surface area (Å²) in [5, 5.41) is 0. The Morgan fingerprint density at radius 2 is 1.62 bits per heavy atom. The third-order valence-electron chi connectivity index (χ3n) is 5.36. The van der Waals surface area contributed by atoms with E-state index in [1.807, 2.05) is 66.9 Å². The smallest absolute Gasteiger partial charge is 0.254 e. The molecule has 0 saturated carbocycles. The van der Waals surface area contributed by atoms with Crippen molar-refractivity contribution in [3.63, 3.8) is 0 Å². The minimum Gasteiger partial charge on any atom is -0.497 e. The third-order valence-corrected chi connectivity index (χ3v) is 5.36. The Hall–Kier alpha value is -3.86. The molecule has 4 aromatic rings. The van der Waals surface area contributed by atoms with Crippen molar-refractivity contribution in [1.82, 2.24) is 9.47 Å². The first-order valence-corrected chi connectivity index (χ1v) is 10.5. The molecular weight excluding hydrogens is 403 g/mol. The molecule has 1 aromatic heterocycles. The summed E-state index contributed by atoms with van der Waals surface area (Å²) in [5.74, 6) is 0.319. The molecule has 0 atom stereocenters. The lowest BCUT2D eigenvalue weighted by molar-refractivity contribution is 0.0726. The Morgan fingerprint density at radius 3 is 2.38 bits per heavy atom. The summed E-state index contributed by atoms with van der Waals surface area (Å²) in [6, 6.07) is 27.5. The summed E-state index contributed by atoms with van der Waals surface area (Å²) in [5.41, 5.74) is 3.63. The zero-order valence-corrected chi connectivity index (χ0v) is 17.9. The molecule has 0 aliphatic carbocycles. The first-order valence-electron chi connectivity index (χ1n) is 10.5. The van der Waals surface area contributed by atoms with Crippen molar-refractivity contribution in [2.24, 2.45) is 0 Å². The first-order chi connectivity index (χ1) is 15.6. The number of amides is 1. The number of rotatable bonds is 8. The van der Waals surface area contributed by atoms with Crippen LogP contribution in [0.25, 0.3) is 0 Å². The second kappa shape index (κ2) is 9.96. The molecule has 0 N–H and O–H groups in total. The van der Waals surface area contributed by atoms with Gasteiger partial charge in [-0.25, -0.2) is 4.39 Å². The Kier molecular flexibility index (Phi) is 6.66. The molecular formula is C27H25FN2O2. The summed E-state index contributed by atoms with van der Waals surface area (Å²) in [6.45, 7) is 1.56. The highest BCUT2D eigenvalue weighted by molar-refractivity contribution is 5.94. The minimum atomic E-state index is -0.358. The normalized spacial score (nSPS) is 10.7. The molecule has 0 unspecified atom stereocenters. The predicted molar refractivity (Wildman–Crippen MR) is 123 cm³/mol. The summed E-state index contributed by atoms with van der Waals surface area (Å²) < 4.78 is 20.8. The van der Waals surface area contributed by atoms with E-state index in [0.29, 0.717) is 25.2 Å². The lowest BCUT2D eigenvalue weighted by Gasteiger charge is -2.24. The molecule has 5 heteroatoms. The van der Waals surface area contributed by atoms with Gasteiger partial charge in [-0.15, -0.1) is 0 Å². The molecule has 0 spiro atoms. The van der Waals surface area contributed by atoms with E-state index in [1.165, 1.54) is 24.3 Å². The summed E-state index contributed by atoms with van der Waals surface area (Å²) in [7, 11) is 1.66. The Labute approximate surface area is 187 Å². The maximum Gasteiger partial charge on any atom is 0.254 e. The minimum absolute atomic E-state index is 0.136. The van der Waals surface area contributed by atoms with E-state index in [0.717, 1.165) is 22.6 Å². The Morgan fingerprint density at radius 1 is 0.875 bits per heavy atom. The fourth-order valence-corrected chi connectivity index (χ4v) is 3.69. The van der Waals surface area contributed by atoms with Gasteiger partial charge in [0.05, 0.1) is 13.7 Å². The van der Waals surface area contributed by atoms with E-state index in [-0.39, 0.29) is 11.7 Å². The molecule has 1 amide bonds. The van der Waals surface area contributed by atoms with Crippen LogP contribution in [0.2, 0.25) is 0 Å². The van der Waals surface area contributed by atoms with Gasteiger partial charge in [0.15, 0.2) is 0 Å².